The van der Waals surface area contributed by atoms with E-state index in [4.69, 9.17) is 33.9 Å². The van der Waals surface area contributed by atoms with Crippen molar-refractivity contribution in [2.45, 2.75) is 51.9 Å². The van der Waals surface area contributed by atoms with E-state index in [2.05, 4.69) is 113 Å². The van der Waals surface area contributed by atoms with E-state index in [-0.39, 0.29) is 16.0 Å². The molecule has 5 aromatic rings. The molecule has 0 bridgehead atoms. The van der Waals surface area contributed by atoms with Crippen LogP contribution >= 0.6 is 24.4 Å². The molecule has 0 fully saturated rings. The van der Waals surface area contributed by atoms with Gasteiger partial charge in [-0.25, -0.2) is 0 Å². The Morgan fingerprint density at radius 2 is 1.02 bits per heavy atom. The molecule has 3 nitrogen and oxygen atoms in total. The van der Waals surface area contributed by atoms with Gasteiger partial charge in [-0.2, -0.15) is 0 Å². The highest BCUT2D eigenvalue weighted by Gasteiger charge is 2.24. The summed E-state index contributed by atoms with van der Waals surface area (Å²) in [5.41, 5.74) is 7.72. The molecule has 0 spiro atoms. The Kier molecular flexibility index (Phi) is 9.81. The molecular formula is C40H39NO2S2. The van der Waals surface area contributed by atoms with Crippen LogP contribution in [0.25, 0.3) is 0 Å². The number of thiocarbonyl (C=S) groups is 2. The summed E-state index contributed by atoms with van der Waals surface area (Å²) in [4.78, 5) is 0. The minimum absolute atomic E-state index is 0.113. The Hall–Kier alpha value is -4.32. The molecule has 1 N–H and O–H groups in total. The Bertz CT molecular complexity index is 1760. The first-order valence-electron chi connectivity index (χ1n) is 15.1. The summed E-state index contributed by atoms with van der Waals surface area (Å²) >= 11 is 11.2. The van der Waals surface area contributed by atoms with Gasteiger partial charge in [0.25, 0.3) is 5.17 Å². The summed E-state index contributed by atoms with van der Waals surface area (Å²) in [7, 11) is 0. The minimum atomic E-state index is -0.121. The lowest BCUT2D eigenvalue weighted by molar-refractivity contribution is 0.551. The minimum Gasteiger partial charge on any atom is -0.450 e. The number of aryl methyl sites for hydroxylation is 1. The van der Waals surface area contributed by atoms with Gasteiger partial charge in [0.2, 0.25) is 0 Å². The maximum Gasteiger partial charge on any atom is 0.266 e. The Balaban J connectivity index is 1.18. The van der Waals surface area contributed by atoms with Crippen molar-refractivity contribution in [2.24, 2.45) is 0 Å². The zero-order valence-electron chi connectivity index (χ0n) is 26.5. The second-order valence-electron chi connectivity index (χ2n) is 12.3. The van der Waals surface area contributed by atoms with Crippen molar-refractivity contribution in [3.8, 4) is 11.5 Å². The van der Waals surface area contributed by atoms with Crippen LogP contribution in [-0.4, -0.2) is 10.2 Å². The third-order valence-electron chi connectivity index (χ3n) is 8.52. The fourth-order valence-electron chi connectivity index (χ4n) is 5.44. The molecule has 0 radical (unpaired) electrons. The van der Waals surface area contributed by atoms with Crippen molar-refractivity contribution >= 4 is 40.3 Å². The fourth-order valence-corrected chi connectivity index (χ4v) is 5.90. The van der Waals surface area contributed by atoms with Gasteiger partial charge in [0.1, 0.15) is 11.5 Å². The zero-order valence-corrected chi connectivity index (χ0v) is 28.1. The highest BCUT2D eigenvalue weighted by Crippen LogP contribution is 2.33. The van der Waals surface area contributed by atoms with Gasteiger partial charge in [0, 0.05) is 22.9 Å². The molecule has 0 saturated carbocycles. The molecule has 0 saturated heterocycles. The molecule has 5 heteroatoms. The quantitative estimate of drug-likeness (QED) is 0.164. The van der Waals surface area contributed by atoms with E-state index in [9.17, 15) is 0 Å². The normalized spacial score (nSPS) is 11.5. The number of ether oxygens (including phenoxy) is 2. The lowest BCUT2D eigenvalue weighted by Gasteiger charge is -2.26. The average molecular weight is 630 g/mol. The summed E-state index contributed by atoms with van der Waals surface area (Å²) in [5, 5.41) is 3.99. The molecule has 0 aromatic heterocycles. The molecule has 0 aliphatic rings. The van der Waals surface area contributed by atoms with Gasteiger partial charge in [0.05, 0.1) is 0 Å². The molecule has 0 aliphatic heterocycles. The first kappa shape index (κ1) is 32.1. The van der Waals surface area contributed by atoms with E-state index in [1.165, 1.54) is 22.3 Å². The second-order valence-corrected chi connectivity index (χ2v) is 13.2. The van der Waals surface area contributed by atoms with E-state index in [1.54, 1.807) is 0 Å². The molecule has 0 aliphatic carbocycles. The number of hydrogen-bond donors (Lipinski definition) is 1. The predicted octanol–water partition coefficient (Wildman–Crippen LogP) is 10.4. The van der Waals surface area contributed by atoms with Crippen LogP contribution in [0.3, 0.4) is 0 Å². The van der Waals surface area contributed by atoms with Gasteiger partial charge in [-0.15, -0.1) is 0 Å². The third kappa shape index (κ3) is 7.86. The third-order valence-corrected chi connectivity index (χ3v) is 8.93. The average Bonchev–Trinajstić information content (AvgIpc) is 3.04. The van der Waals surface area contributed by atoms with E-state index >= 15 is 0 Å². The lowest BCUT2D eigenvalue weighted by atomic mass is 9.78. The van der Waals surface area contributed by atoms with Crippen molar-refractivity contribution < 1.29 is 9.47 Å². The molecule has 45 heavy (non-hydrogen) atoms. The molecule has 0 atom stereocenters. The standard InChI is InChI=1S/C40H39NO2S2/c1-28-16-21-34(41-38(45)43-36-24-19-33(20-25-36)40(4,5)31-14-10-7-11-15-31)26-29(28)27-37(44)42-35-22-17-32(18-23-35)39(2,3)30-12-8-6-9-13-30/h6-26H,27H2,1-5H3,(H,41,45). The van der Waals surface area contributed by atoms with Gasteiger partial charge in [-0.05, 0) is 101 Å². The van der Waals surface area contributed by atoms with E-state index in [0.717, 1.165) is 22.6 Å². The summed E-state index contributed by atoms with van der Waals surface area (Å²) in [6.45, 7) is 11.0. The smallest absolute Gasteiger partial charge is 0.266 e. The fraction of sp³-hybridized carbons (Fsp3) is 0.200. The maximum atomic E-state index is 6.07. The summed E-state index contributed by atoms with van der Waals surface area (Å²) in [5.74, 6) is 1.41. The number of benzene rings is 5. The first-order chi connectivity index (χ1) is 21.5. The van der Waals surface area contributed by atoms with Crippen molar-refractivity contribution in [2.75, 3.05) is 5.32 Å². The Labute approximate surface area is 278 Å². The van der Waals surface area contributed by atoms with Gasteiger partial charge in [-0.1, -0.05) is 119 Å². The topological polar surface area (TPSA) is 30.5 Å². The van der Waals surface area contributed by atoms with Crippen molar-refractivity contribution in [3.63, 3.8) is 0 Å². The largest absolute Gasteiger partial charge is 0.450 e. The maximum absolute atomic E-state index is 6.07. The Morgan fingerprint density at radius 3 is 1.51 bits per heavy atom. The number of nitrogens with one attached hydrogen (secondary N) is 1. The van der Waals surface area contributed by atoms with Gasteiger partial charge in [0.15, 0.2) is 5.05 Å². The van der Waals surface area contributed by atoms with Crippen LogP contribution < -0.4 is 14.8 Å². The van der Waals surface area contributed by atoms with Crippen molar-refractivity contribution in [1.29, 1.82) is 0 Å². The monoisotopic (exact) mass is 629 g/mol. The number of rotatable bonds is 9. The Morgan fingerprint density at radius 1 is 0.578 bits per heavy atom. The van der Waals surface area contributed by atoms with Crippen LogP contribution in [0.1, 0.15) is 61.1 Å². The summed E-state index contributed by atoms with van der Waals surface area (Å²) in [6.07, 6.45) is 0.500. The van der Waals surface area contributed by atoms with Crippen molar-refractivity contribution in [3.05, 3.63) is 161 Å². The van der Waals surface area contributed by atoms with E-state index < -0.39 is 0 Å². The highest BCUT2D eigenvalue weighted by atomic mass is 32.1. The van der Waals surface area contributed by atoms with Crippen LogP contribution in [-0.2, 0) is 17.3 Å². The van der Waals surface area contributed by atoms with Crippen LogP contribution in [0.15, 0.2) is 127 Å². The molecule has 228 valence electrons. The van der Waals surface area contributed by atoms with Crippen LogP contribution in [0.5, 0.6) is 11.5 Å². The van der Waals surface area contributed by atoms with Gasteiger partial charge < -0.3 is 14.8 Å². The highest BCUT2D eigenvalue weighted by molar-refractivity contribution is 7.80. The molecule has 0 amide bonds. The number of hydrogen-bond acceptors (Lipinski definition) is 4. The van der Waals surface area contributed by atoms with Crippen LogP contribution in [0.2, 0.25) is 0 Å². The molecule has 5 rings (SSSR count). The SMILES string of the molecule is Cc1ccc(NC(=S)Oc2ccc(C(C)(C)c3ccccc3)cc2)cc1CC(=S)Oc1ccc(C(C)(C)c2ccccc2)cc1. The summed E-state index contributed by atoms with van der Waals surface area (Å²) < 4.78 is 12.0. The molecular weight excluding hydrogens is 591 g/mol. The zero-order chi connectivity index (χ0) is 32.0. The predicted molar refractivity (Wildman–Crippen MR) is 195 cm³/mol. The van der Waals surface area contributed by atoms with Gasteiger partial charge in [-0.3, -0.25) is 0 Å². The van der Waals surface area contributed by atoms with Crippen LogP contribution in [0.4, 0.5) is 5.69 Å². The first-order valence-corrected chi connectivity index (χ1v) is 16.0. The van der Waals surface area contributed by atoms with E-state index in [1.807, 2.05) is 54.6 Å². The van der Waals surface area contributed by atoms with Gasteiger partial charge >= 0.3 is 0 Å². The second kappa shape index (κ2) is 13.8. The van der Waals surface area contributed by atoms with Crippen LogP contribution in [0, 0.1) is 6.92 Å². The van der Waals surface area contributed by atoms with E-state index in [0.29, 0.717) is 17.2 Å². The number of anilines is 1. The molecule has 0 heterocycles. The molecule has 0 unspecified atom stereocenters. The molecule has 5 aromatic carbocycles. The van der Waals surface area contributed by atoms with Crippen molar-refractivity contribution in [1.82, 2.24) is 0 Å². The lowest BCUT2D eigenvalue weighted by Crippen LogP contribution is -2.19. The summed E-state index contributed by atoms with van der Waals surface area (Å²) in [6, 6.07) is 43.4.